The summed E-state index contributed by atoms with van der Waals surface area (Å²) in [6.07, 6.45) is 10.0. The summed E-state index contributed by atoms with van der Waals surface area (Å²) in [5.74, 6) is -0.382. The molecule has 0 radical (unpaired) electrons. The first-order valence-electron chi connectivity index (χ1n) is 4.48. The highest BCUT2D eigenvalue weighted by atomic mass is 16.5. The van der Waals surface area contributed by atoms with Crippen molar-refractivity contribution in [2.75, 3.05) is 7.11 Å². The van der Waals surface area contributed by atoms with Gasteiger partial charge in [-0.05, 0) is 6.42 Å². The molecule has 0 aromatic rings. The van der Waals surface area contributed by atoms with Crippen LogP contribution in [0.2, 0.25) is 0 Å². The monoisotopic (exact) mass is 196 g/mol. The summed E-state index contributed by atoms with van der Waals surface area (Å²) >= 11 is 0. The van der Waals surface area contributed by atoms with E-state index in [1.165, 1.54) is 13.2 Å². The van der Waals surface area contributed by atoms with Gasteiger partial charge in [0, 0.05) is 6.08 Å². The minimum absolute atomic E-state index is 0.382. The van der Waals surface area contributed by atoms with Crippen LogP contribution in [-0.4, -0.2) is 24.3 Å². The second-order valence-corrected chi connectivity index (χ2v) is 2.63. The van der Waals surface area contributed by atoms with E-state index in [-0.39, 0.29) is 5.97 Å². The number of carbonyl (C=O) groups is 1. The minimum atomic E-state index is -0.399. The van der Waals surface area contributed by atoms with E-state index in [2.05, 4.69) is 4.74 Å². The molecular formula is C11H16O3. The lowest BCUT2D eigenvalue weighted by Crippen LogP contribution is -1.97. The Hall–Kier alpha value is -1.35. The Balaban J connectivity index is 3.79. The molecule has 0 fully saturated rings. The van der Waals surface area contributed by atoms with E-state index in [4.69, 9.17) is 5.11 Å². The van der Waals surface area contributed by atoms with Gasteiger partial charge in [-0.25, -0.2) is 4.79 Å². The average molecular weight is 196 g/mol. The minimum Gasteiger partial charge on any atom is -0.466 e. The van der Waals surface area contributed by atoms with Crippen LogP contribution in [0.15, 0.2) is 36.5 Å². The third kappa shape index (κ3) is 7.31. The van der Waals surface area contributed by atoms with E-state index >= 15 is 0 Å². The van der Waals surface area contributed by atoms with Crippen molar-refractivity contribution in [2.45, 2.75) is 19.4 Å². The van der Waals surface area contributed by atoms with Crippen LogP contribution in [-0.2, 0) is 9.53 Å². The first kappa shape index (κ1) is 12.7. The molecule has 0 bridgehead atoms. The predicted molar refractivity (Wildman–Crippen MR) is 55.7 cm³/mol. The lowest BCUT2D eigenvalue weighted by molar-refractivity contribution is -0.134. The second kappa shape index (κ2) is 8.26. The number of rotatable bonds is 5. The molecule has 1 N–H and O–H groups in total. The molecule has 3 nitrogen and oxygen atoms in total. The summed E-state index contributed by atoms with van der Waals surface area (Å²) in [6.45, 7) is 1.90. The number of hydrogen-bond donors (Lipinski definition) is 1. The number of aliphatic hydroxyl groups excluding tert-OH is 1. The number of ether oxygens (including phenoxy) is 1. The molecule has 1 atom stereocenters. The molecule has 0 heterocycles. The first-order valence-corrected chi connectivity index (χ1v) is 4.48. The fraction of sp³-hybridized carbons (Fsp3) is 0.364. The zero-order valence-corrected chi connectivity index (χ0v) is 8.51. The van der Waals surface area contributed by atoms with E-state index in [1.807, 2.05) is 6.92 Å². The molecular weight excluding hydrogens is 180 g/mol. The van der Waals surface area contributed by atoms with Crippen molar-refractivity contribution in [1.82, 2.24) is 0 Å². The van der Waals surface area contributed by atoms with E-state index < -0.39 is 6.10 Å². The number of carbonyl (C=O) groups excluding carboxylic acids is 1. The van der Waals surface area contributed by atoms with Gasteiger partial charge in [-0.2, -0.15) is 0 Å². The fourth-order valence-corrected chi connectivity index (χ4v) is 0.659. The van der Waals surface area contributed by atoms with Gasteiger partial charge >= 0.3 is 5.97 Å². The van der Waals surface area contributed by atoms with Crippen LogP contribution in [0, 0.1) is 0 Å². The highest BCUT2D eigenvalue weighted by molar-refractivity contribution is 5.82. The van der Waals surface area contributed by atoms with Crippen LogP contribution in [0.1, 0.15) is 13.3 Å². The fourth-order valence-electron chi connectivity index (χ4n) is 0.659. The standard InChI is InChI=1S/C11H16O3/c1-3-10(12)8-6-4-5-7-9-11(13)14-2/h4-10,12H,3H2,1-2H3. The molecule has 1 unspecified atom stereocenters. The van der Waals surface area contributed by atoms with E-state index in [9.17, 15) is 4.79 Å². The summed E-state index contributed by atoms with van der Waals surface area (Å²) in [5, 5.41) is 9.13. The van der Waals surface area contributed by atoms with Crippen LogP contribution in [0.5, 0.6) is 0 Å². The summed E-state index contributed by atoms with van der Waals surface area (Å²) < 4.78 is 4.39. The Morgan fingerprint density at radius 2 is 2.00 bits per heavy atom. The van der Waals surface area contributed by atoms with E-state index in [0.717, 1.165) is 0 Å². The molecule has 0 saturated carbocycles. The molecule has 0 aromatic heterocycles. The number of allylic oxidation sites excluding steroid dienone is 4. The third-order valence-corrected chi connectivity index (χ3v) is 1.52. The molecule has 0 rings (SSSR count). The van der Waals surface area contributed by atoms with Crippen LogP contribution in [0.4, 0.5) is 0 Å². The van der Waals surface area contributed by atoms with Crippen molar-refractivity contribution < 1.29 is 14.6 Å². The summed E-state index contributed by atoms with van der Waals surface area (Å²) in [6, 6.07) is 0. The van der Waals surface area contributed by atoms with Crippen LogP contribution < -0.4 is 0 Å². The van der Waals surface area contributed by atoms with E-state index in [0.29, 0.717) is 6.42 Å². The number of aliphatic hydroxyl groups is 1. The molecule has 0 spiro atoms. The van der Waals surface area contributed by atoms with Gasteiger partial charge in [-0.1, -0.05) is 37.3 Å². The lowest BCUT2D eigenvalue weighted by atomic mass is 10.2. The molecule has 0 aliphatic heterocycles. The van der Waals surface area contributed by atoms with E-state index in [1.54, 1.807) is 30.4 Å². The smallest absolute Gasteiger partial charge is 0.330 e. The molecule has 0 aromatic carbocycles. The average Bonchev–Trinajstić information content (AvgIpc) is 2.22. The molecule has 78 valence electrons. The summed E-state index contributed by atoms with van der Waals surface area (Å²) in [7, 11) is 1.33. The highest BCUT2D eigenvalue weighted by Gasteiger charge is 1.89. The zero-order chi connectivity index (χ0) is 10.8. The molecule has 0 aliphatic carbocycles. The quantitative estimate of drug-likeness (QED) is 0.412. The second-order valence-electron chi connectivity index (χ2n) is 2.63. The van der Waals surface area contributed by atoms with Crippen LogP contribution in [0.25, 0.3) is 0 Å². The van der Waals surface area contributed by atoms with Gasteiger partial charge in [0.15, 0.2) is 0 Å². The van der Waals surface area contributed by atoms with Gasteiger partial charge in [0.2, 0.25) is 0 Å². The Bertz CT molecular complexity index is 239. The topological polar surface area (TPSA) is 46.5 Å². The highest BCUT2D eigenvalue weighted by Crippen LogP contribution is 1.91. The van der Waals surface area contributed by atoms with Gasteiger partial charge in [-0.3, -0.25) is 0 Å². The maximum absolute atomic E-state index is 10.6. The van der Waals surface area contributed by atoms with Gasteiger partial charge in [0.05, 0.1) is 13.2 Å². The maximum Gasteiger partial charge on any atom is 0.330 e. The van der Waals surface area contributed by atoms with Crippen molar-refractivity contribution in [3.05, 3.63) is 36.5 Å². The third-order valence-electron chi connectivity index (χ3n) is 1.52. The summed E-state index contributed by atoms with van der Waals surface area (Å²) in [5.41, 5.74) is 0. The van der Waals surface area contributed by atoms with Gasteiger partial charge in [-0.15, -0.1) is 0 Å². The normalized spacial score (nSPS) is 14.2. The summed E-state index contributed by atoms with van der Waals surface area (Å²) in [4.78, 5) is 10.6. The van der Waals surface area contributed by atoms with Crippen molar-refractivity contribution >= 4 is 5.97 Å². The van der Waals surface area contributed by atoms with Crippen LogP contribution >= 0.6 is 0 Å². The Kier molecular flexibility index (Phi) is 7.46. The first-order chi connectivity index (χ1) is 6.70. The number of hydrogen-bond acceptors (Lipinski definition) is 3. The Morgan fingerprint density at radius 3 is 2.57 bits per heavy atom. The van der Waals surface area contributed by atoms with Gasteiger partial charge in [0.25, 0.3) is 0 Å². The molecule has 0 amide bonds. The molecule has 14 heavy (non-hydrogen) atoms. The lowest BCUT2D eigenvalue weighted by Gasteiger charge is -1.95. The Morgan fingerprint density at radius 1 is 1.36 bits per heavy atom. The molecule has 3 heteroatoms. The maximum atomic E-state index is 10.6. The number of methoxy groups -OCH3 is 1. The Labute approximate surface area is 84.4 Å². The molecule has 0 saturated heterocycles. The molecule has 0 aliphatic rings. The largest absolute Gasteiger partial charge is 0.466 e. The SMILES string of the molecule is CCC(O)C=CC=CC=CC(=O)OC. The zero-order valence-electron chi connectivity index (χ0n) is 8.51. The van der Waals surface area contributed by atoms with Crippen molar-refractivity contribution in [2.24, 2.45) is 0 Å². The predicted octanol–water partition coefficient (Wildman–Crippen LogP) is 1.60. The van der Waals surface area contributed by atoms with Gasteiger partial charge in [0.1, 0.15) is 0 Å². The van der Waals surface area contributed by atoms with Crippen molar-refractivity contribution in [1.29, 1.82) is 0 Å². The van der Waals surface area contributed by atoms with Crippen LogP contribution in [0.3, 0.4) is 0 Å². The van der Waals surface area contributed by atoms with Crippen molar-refractivity contribution in [3.8, 4) is 0 Å². The van der Waals surface area contributed by atoms with Crippen molar-refractivity contribution in [3.63, 3.8) is 0 Å². The number of esters is 1. The van der Waals surface area contributed by atoms with Gasteiger partial charge < -0.3 is 9.84 Å².